The van der Waals surface area contributed by atoms with E-state index in [0.29, 0.717) is 13.0 Å². The zero-order valence-electron chi connectivity index (χ0n) is 14.4. The Hall–Kier alpha value is -2.37. The lowest BCUT2D eigenvalue weighted by Gasteiger charge is -2.23. The molecule has 2 aromatic carbocycles. The quantitative estimate of drug-likeness (QED) is 0.803. The van der Waals surface area contributed by atoms with Gasteiger partial charge in [0, 0.05) is 5.69 Å². The van der Waals surface area contributed by atoms with Gasteiger partial charge in [0.1, 0.15) is 25.4 Å². The summed E-state index contributed by atoms with van der Waals surface area (Å²) in [5.41, 5.74) is 1.93. The first-order valence-corrected chi connectivity index (χ1v) is 8.77. The van der Waals surface area contributed by atoms with Crippen molar-refractivity contribution in [3.8, 4) is 5.75 Å². The number of quaternary nitrogens is 1. The van der Waals surface area contributed by atoms with E-state index in [1.807, 2.05) is 54.6 Å². The van der Waals surface area contributed by atoms with Crippen molar-refractivity contribution >= 4 is 11.6 Å². The van der Waals surface area contributed by atoms with Gasteiger partial charge in [-0.05, 0) is 29.8 Å². The molecular weight excluding hydrogens is 316 g/mol. The molecule has 0 aliphatic carbocycles. The molecule has 5 nitrogen and oxygen atoms in total. The van der Waals surface area contributed by atoms with Crippen molar-refractivity contribution in [2.24, 2.45) is 0 Å². The molecule has 1 heterocycles. The van der Waals surface area contributed by atoms with Gasteiger partial charge < -0.3 is 19.7 Å². The van der Waals surface area contributed by atoms with Gasteiger partial charge in [-0.15, -0.1) is 0 Å². The summed E-state index contributed by atoms with van der Waals surface area (Å²) < 4.78 is 11.1. The summed E-state index contributed by atoms with van der Waals surface area (Å²) in [6, 6.07) is 17.6. The van der Waals surface area contributed by atoms with Crippen molar-refractivity contribution < 1.29 is 19.2 Å². The van der Waals surface area contributed by atoms with Crippen molar-refractivity contribution in [2.75, 3.05) is 38.2 Å². The van der Waals surface area contributed by atoms with Crippen molar-refractivity contribution in [1.82, 2.24) is 0 Å². The van der Waals surface area contributed by atoms with Gasteiger partial charge in [-0.1, -0.05) is 30.3 Å². The third kappa shape index (κ3) is 5.89. The number of benzene rings is 2. The van der Waals surface area contributed by atoms with Gasteiger partial charge in [0.2, 0.25) is 5.91 Å². The van der Waals surface area contributed by atoms with Crippen LogP contribution in [0.25, 0.3) is 0 Å². The van der Waals surface area contributed by atoms with Crippen LogP contribution in [-0.2, 0) is 16.1 Å². The van der Waals surface area contributed by atoms with E-state index in [2.05, 4.69) is 5.32 Å². The van der Waals surface area contributed by atoms with Crippen LogP contribution >= 0.6 is 0 Å². The lowest BCUT2D eigenvalue weighted by molar-refractivity contribution is -0.907. The molecule has 0 atom stereocenters. The topological polar surface area (TPSA) is 52.0 Å². The maximum atomic E-state index is 12.1. The molecule has 0 bridgehead atoms. The zero-order valence-corrected chi connectivity index (χ0v) is 14.4. The number of carbonyl (C=O) groups is 1. The van der Waals surface area contributed by atoms with E-state index in [1.165, 1.54) is 4.90 Å². The van der Waals surface area contributed by atoms with Crippen LogP contribution in [0.4, 0.5) is 5.69 Å². The molecule has 0 unspecified atom stereocenters. The molecule has 2 aromatic rings. The maximum absolute atomic E-state index is 12.1. The van der Waals surface area contributed by atoms with E-state index in [4.69, 9.17) is 9.47 Å². The Labute approximate surface area is 148 Å². The molecule has 0 radical (unpaired) electrons. The average Bonchev–Trinajstić information content (AvgIpc) is 2.67. The molecule has 0 saturated carbocycles. The predicted molar refractivity (Wildman–Crippen MR) is 96.8 cm³/mol. The Morgan fingerprint density at radius 2 is 1.76 bits per heavy atom. The summed E-state index contributed by atoms with van der Waals surface area (Å²) in [5.74, 6) is 0.844. The van der Waals surface area contributed by atoms with Crippen LogP contribution in [0, 0.1) is 0 Å². The van der Waals surface area contributed by atoms with E-state index in [0.717, 1.165) is 49.8 Å². The third-order valence-corrected chi connectivity index (χ3v) is 4.29. The number of rotatable bonds is 7. The standard InChI is InChI=1S/C20H24N2O3/c23-20(10-11-22-12-14-24-15-13-22)21-18-6-8-19(9-7-18)25-16-17-4-2-1-3-5-17/h1-9H,10-16H2,(H,21,23)/p+1. The van der Waals surface area contributed by atoms with Gasteiger partial charge in [0.25, 0.3) is 0 Å². The van der Waals surface area contributed by atoms with Crippen LogP contribution in [0.1, 0.15) is 12.0 Å². The fraction of sp³-hybridized carbons (Fsp3) is 0.350. The van der Waals surface area contributed by atoms with Gasteiger partial charge in [-0.2, -0.15) is 0 Å². The van der Waals surface area contributed by atoms with E-state index in [1.54, 1.807) is 0 Å². The van der Waals surface area contributed by atoms with Crippen LogP contribution in [0.15, 0.2) is 54.6 Å². The number of nitrogens with one attached hydrogen (secondary N) is 2. The molecule has 3 rings (SSSR count). The lowest BCUT2D eigenvalue weighted by Crippen LogP contribution is -3.14. The van der Waals surface area contributed by atoms with Crippen molar-refractivity contribution in [3.63, 3.8) is 0 Å². The SMILES string of the molecule is O=C(CC[NH+]1CCOCC1)Nc1ccc(OCc2ccccc2)cc1. The first-order valence-electron chi connectivity index (χ1n) is 8.77. The number of ether oxygens (including phenoxy) is 2. The predicted octanol–water partition coefficient (Wildman–Crippen LogP) is 1.51. The molecule has 0 aromatic heterocycles. The highest BCUT2D eigenvalue weighted by Gasteiger charge is 2.15. The van der Waals surface area contributed by atoms with Gasteiger partial charge in [0.05, 0.1) is 26.2 Å². The highest BCUT2D eigenvalue weighted by Crippen LogP contribution is 2.17. The number of amides is 1. The molecule has 2 N–H and O–H groups in total. The molecule has 1 fully saturated rings. The number of hydrogen-bond donors (Lipinski definition) is 2. The monoisotopic (exact) mass is 341 g/mol. The van der Waals surface area contributed by atoms with Crippen LogP contribution in [0.5, 0.6) is 5.75 Å². The smallest absolute Gasteiger partial charge is 0.230 e. The summed E-state index contributed by atoms with van der Waals surface area (Å²) in [5, 5.41) is 2.94. The zero-order chi connectivity index (χ0) is 17.3. The minimum atomic E-state index is 0.0527. The average molecular weight is 341 g/mol. The molecule has 132 valence electrons. The molecule has 1 aliphatic heterocycles. The molecule has 0 spiro atoms. The summed E-state index contributed by atoms with van der Waals surface area (Å²) in [7, 11) is 0. The Morgan fingerprint density at radius 3 is 2.48 bits per heavy atom. The Kier molecular flexibility index (Phi) is 6.42. The van der Waals surface area contributed by atoms with E-state index >= 15 is 0 Å². The first-order chi connectivity index (χ1) is 12.3. The third-order valence-electron chi connectivity index (χ3n) is 4.29. The number of hydrogen-bond acceptors (Lipinski definition) is 3. The molecule has 1 saturated heterocycles. The van der Waals surface area contributed by atoms with Crippen molar-refractivity contribution in [3.05, 3.63) is 60.2 Å². The fourth-order valence-electron chi connectivity index (χ4n) is 2.80. The van der Waals surface area contributed by atoms with Crippen LogP contribution < -0.4 is 15.0 Å². The van der Waals surface area contributed by atoms with Gasteiger partial charge in [-0.25, -0.2) is 0 Å². The van der Waals surface area contributed by atoms with E-state index in [9.17, 15) is 4.79 Å². The minimum Gasteiger partial charge on any atom is -0.489 e. The second-order valence-electron chi connectivity index (χ2n) is 6.21. The molecule has 1 amide bonds. The second-order valence-corrected chi connectivity index (χ2v) is 6.21. The molecular formula is C20H25N2O3+. The molecule has 1 aliphatic rings. The highest BCUT2D eigenvalue weighted by molar-refractivity contribution is 5.90. The van der Waals surface area contributed by atoms with Gasteiger partial charge >= 0.3 is 0 Å². The summed E-state index contributed by atoms with van der Waals surface area (Å²) in [6.45, 7) is 4.95. The fourth-order valence-corrected chi connectivity index (χ4v) is 2.80. The largest absolute Gasteiger partial charge is 0.489 e. The molecule has 25 heavy (non-hydrogen) atoms. The first kappa shape index (κ1) is 17.5. The Bertz CT molecular complexity index is 652. The Balaban J connectivity index is 1.41. The van der Waals surface area contributed by atoms with Crippen LogP contribution in [0.3, 0.4) is 0 Å². The number of anilines is 1. The van der Waals surface area contributed by atoms with E-state index in [-0.39, 0.29) is 5.91 Å². The van der Waals surface area contributed by atoms with Crippen molar-refractivity contribution in [2.45, 2.75) is 13.0 Å². The second kappa shape index (κ2) is 9.20. The maximum Gasteiger partial charge on any atom is 0.230 e. The van der Waals surface area contributed by atoms with Crippen LogP contribution in [0.2, 0.25) is 0 Å². The number of carbonyl (C=O) groups excluding carboxylic acids is 1. The Morgan fingerprint density at radius 1 is 1.04 bits per heavy atom. The number of morpholine rings is 1. The summed E-state index contributed by atoms with van der Waals surface area (Å²) in [6.07, 6.45) is 0.529. The van der Waals surface area contributed by atoms with Gasteiger partial charge in [-0.3, -0.25) is 4.79 Å². The lowest BCUT2D eigenvalue weighted by atomic mass is 10.2. The summed E-state index contributed by atoms with van der Waals surface area (Å²) in [4.78, 5) is 13.5. The van der Waals surface area contributed by atoms with Gasteiger partial charge in [0.15, 0.2) is 0 Å². The normalized spacial score (nSPS) is 14.9. The minimum absolute atomic E-state index is 0.0527. The molecule has 5 heteroatoms. The van der Waals surface area contributed by atoms with Crippen molar-refractivity contribution in [1.29, 1.82) is 0 Å². The van der Waals surface area contributed by atoms with E-state index < -0.39 is 0 Å². The highest BCUT2D eigenvalue weighted by atomic mass is 16.5. The van der Waals surface area contributed by atoms with Crippen LogP contribution in [-0.4, -0.2) is 38.8 Å². The summed E-state index contributed by atoms with van der Waals surface area (Å²) >= 11 is 0.